The van der Waals surface area contributed by atoms with Gasteiger partial charge in [0.25, 0.3) is 0 Å². The van der Waals surface area contributed by atoms with Gasteiger partial charge in [-0.15, -0.1) is 10.2 Å². The van der Waals surface area contributed by atoms with E-state index in [2.05, 4.69) is 20.6 Å². The van der Waals surface area contributed by atoms with Crippen molar-refractivity contribution in [3.8, 4) is 10.6 Å². The Morgan fingerprint density at radius 1 is 1.15 bits per heavy atom. The van der Waals surface area contributed by atoms with Crippen LogP contribution in [0.1, 0.15) is 23.9 Å². The van der Waals surface area contributed by atoms with E-state index in [0.717, 1.165) is 44.6 Å². The van der Waals surface area contributed by atoms with Crippen molar-refractivity contribution in [3.05, 3.63) is 65.5 Å². The number of fused-ring (bicyclic) bond motifs is 1. The number of hydrogen-bond donors (Lipinski definition) is 1. The largest absolute Gasteiger partial charge is 0.326 e. The minimum Gasteiger partial charge on any atom is -0.326 e. The van der Waals surface area contributed by atoms with Gasteiger partial charge in [-0.3, -0.25) is 4.79 Å². The predicted octanol–water partition coefficient (Wildman–Crippen LogP) is 3.90. The molecule has 0 bridgehead atoms. The number of nitrogens with one attached hydrogen (secondary N) is 1. The van der Waals surface area contributed by atoms with Gasteiger partial charge in [-0.05, 0) is 24.1 Å². The summed E-state index contributed by atoms with van der Waals surface area (Å²) >= 11 is 1.49. The summed E-state index contributed by atoms with van der Waals surface area (Å²) in [6.45, 7) is 4.01. The van der Waals surface area contributed by atoms with Crippen LogP contribution in [0.5, 0.6) is 0 Å². The van der Waals surface area contributed by atoms with Crippen molar-refractivity contribution >= 4 is 27.9 Å². The molecule has 0 spiro atoms. The van der Waals surface area contributed by atoms with Crippen LogP contribution in [-0.4, -0.2) is 25.7 Å². The van der Waals surface area contributed by atoms with Gasteiger partial charge in [0.2, 0.25) is 10.9 Å². The molecule has 2 heterocycles. The molecule has 1 N–H and O–H groups in total. The van der Waals surface area contributed by atoms with Crippen LogP contribution in [0.4, 0.5) is 5.69 Å². The summed E-state index contributed by atoms with van der Waals surface area (Å²) in [5, 5.41) is 16.8. The fourth-order valence-electron chi connectivity index (χ4n) is 2.86. The highest BCUT2D eigenvalue weighted by Gasteiger charge is 2.13. The standard InChI is InChI=1S/C20H19N5OS/c1-3-17-22-23-20-25(17)24-19(27-20)15-10-9-13(2)16(12-15)21-18(26)11-14-7-5-4-6-8-14/h4-10,12H,3,11H2,1-2H3,(H,21,26). The molecule has 0 aliphatic carbocycles. The van der Waals surface area contributed by atoms with Gasteiger partial charge in [-0.2, -0.15) is 9.61 Å². The molecule has 0 aliphatic heterocycles. The number of aromatic nitrogens is 4. The Labute approximate surface area is 160 Å². The molecule has 0 fully saturated rings. The number of carbonyl (C=O) groups is 1. The third-order valence-electron chi connectivity index (χ3n) is 4.34. The van der Waals surface area contributed by atoms with E-state index in [1.54, 1.807) is 4.52 Å². The SMILES string of the molecule is CCc1nnc2sc(-c3ccc(C)c(NC(=O)Cc4ccccc4)c3)nn12. The maximum Gasteiger partial charge on any atom is 0.234 e. The fourth-order valence-corrected chi connectivity index (χ4v) is 3.71. The summed E-state index contributed by atoms with van der Waals surface area (Å²) in [6.07, 6.45) is 1.13. The number of carbonyl (C=O) groups excluding carboxylic acids is 1. The van der Waals surface area contributed by atoms with E-state index in [9.17, 15) is 4.79 Å². The van der Waals surface area contributed by atoms with E-state index in [1.165, 1.54) is 11.3 Å². The van der Waals surface area contributed by atoms with Crippen molar-refractivity contribution in [1.29, 1.82) is 0 Å². The second-order valence-electron chi connectivity index (χ2n) is 6.31. The molecule has 0 unspecified atom stereocenters. The molecule has 136 valence electrons. The first-order valence-electron chi connectivity index (χ1n) is 8.80. The summed E-state index contributed by atoms with van der Waals surface area (Å²) in [7, 11) is 0. The normalized spacial score (nSPS) is 11.0. The second kappa shape index (κ2) is 7.28. The fraction of sp³-hybridized carbons (Fsp3) is 0.200. The molecule has 0 radical (unpaired) electrons. The van der Waals surface area contributed by atoms with Crippen molar-refractivity contribution in [2.45, 2.75) is 26.7 Å². The number of anilines is 1. The lowest BCUT2D eigenvalue weighted by Gasteiger charge is -2.10. The van der Waals surface area contributed by atoms with Crippen LogP contribution in [0, 0.1) is 6.92 Å². The van der Waals surface area contributed by atoms with Crippen LogP contribution < -0.4 is 5.32 Å². The molecule has 1 amide bonds. The van der Waals surface area contributed by atoms with E-state index < -0.39 is 0 Å². The van der Waals surface area contributed by atoms with E-state index in [-0.39, 0.29) is 5.91 Å². The smallest absolute Gasteiger partial charge is 0.234 e. The van der Waals surface area contributed by atoms with Crippen LogP contribution in [-0.2, 0) is 17.6 Å². The Hall–Kier alpha value is -3.06. The van der Waals surface area contributed by atoms with Crippen molar-refractivity contribution in [3.63, 3.8) is 0 Å². The molecular weight excluding hydrogens is 358 g/mol. The Kier molecular flexibility index (Phi) is 4.68. The number of rotatable bonds is 5. The monoisotopic (exact) mass is 377 g/mol. The lowest BCUT2D eigenvalue weighted by atomic mass is 10.1. The van der Waals surface area contributed by atoms with Gasteiger partial charge in [0.1, 0.15) is 5.01 Å². The van der Waals surface area contributed by atoms with Crippen LogP contribution in [0.3, 0.4) is 0 Å². The maximum absolute atomic E-state index is 12.4. The van der Waals surface area contributed by atoms with Crippen LogP contribution in [0.15, 0.2) is 48.5 Å². The third kappa shape index (κ3) is 3.59. The number of nitrogens with zero attached hydrogens (tertiary/aromatic N) is 4. The average molecular weight is 377 g/mol. The minimum atomic E-state index is -0.0344. The van der Waals surface area contributed by atoms with Crippen molar-refractivity contribution in [2.24, 2.45) is 0 Å². The van der Waals surface area contributed by atoms with E-state index in [0.29, 0.717) is 6.42 Å². The Morgan fingerprint density at radius 2 is 1.96 bits per heavy atom. The Bertz CT molecular complexity index is 1100. The molecule has 2 aromatic carbocycles. The van der Waals surface area contributed by atoms with Gasteiger partial charge in [-0.1, -0.05) is 60.7 Å². The Morgan fingerprint density at radius 3 is 2.74 bits per heavy atom. The van der Waals surface area contributed by atoms with Gasteiger partial charge in [0, 0.05) is 17.7 Å². The van der Waals surface area contributed by atoms with Crippen LogP contribution >= 0.6 is 11.3 Å². The highest BCUT2D eigenvalue weighted by Crippen LogP contribution is 2.29. The van der Waals surface area contributed by atoms with Crippen molar-refractivity contribution < 1.29 is 4.79 Å². The maximum atomic E-state index is 12.4. The molecule has 0 atom stereocenters. The molecule has 4 aromatic rings. The molecule has 4 rings (SSSR count). The lowest BCUT2D eigenvalue weighted by Crippen LogP contribution is -2.15. The van der Waals surface area contributed by atoms with Crippen molar-refractivity contribution in [1.82, 2.24) is 19.8 Å². The summed E-state index contributed by atoms with van der Waals surface area (Å²) in [5.41, 5.74) is 3.75. The number of amides is 1. The van der Waals surface area contributed by atoms with E-state index in [4.69, 9.17) is 0 Å². The lowest BCUT2D eigenvalue weighted by molar-refractivity contribution is -0.115. The first-order chi connectivity index (χ1) is 13.1. The summed E-state index contributed by atoms with van der Waals surface area (Å²) < 4.78 is 1.79. The molecule has 0 aliphatic rings. The van der Waals surface area contributed by atoms with Crippen LogP contribution in [0.25, 0.3) is 15.5 Å². The predicted molar refractivity (Wildman–Crippen MR) is 107 cm³/mol. The quantitative estimate of drug-likeness (QED) is 0.572. The van der Waals surface area contributed by atoms with E-state index >= 15 is 0 Å². The van der Waals surface area contributed by atoms with Gasteiger partial charge >= 0.3 is 0 Å². The molecular formula is C20H19N5OS. The first kappa shape index (κ1) is 17.4. The molecule has 0 saturated heterocycles. The number of benzene rings is 2. The Balaban J connectivity index is 1.58. The average Bonchev–Trinajstić information content (AvgIpc) is 3.25. The third-order valence-corrected chi connectivity index (χ3v) is 5.29. The summed E-state index contributed by atoms with van der Waals surface area (Å²) in [5.74, 6) is 0.809. The topological polar surface area (TPSA) is 72.2 Å². The minimum absolute atomic E-state index is 0.0344. The van der Waals surface area contributed by atoms with Gasteiger partial charge < -0.3 is 5.32 Å². The molecule has 6 nitrogen and oxygen atoms in total. The van der Waals surface area contributed by atoms with Crippen molar-refractivity contribution in [2.75, 3.05) is 5.32 Å². The molecule has 0 saturated carbocycles. The first-order valence-corrected chi connectivity index (χ1v) is 9.61. The number of hydrogen-bond acceptors (Lipinski definition) is 5. The van der Waals surface area contributed by atoms with Gasteiger partial charge in [0.15, 0.2) is 5.82 Å². The second-order valence-corrected chi connectivity index (χ2v) is 7.27. The zero-order valence-electron chi connectivity index (χ0n) is 15.1. The number of aryl methyl sites for hydroxylation is 2. The highest BCUT2D eigenvalue weighted by atomic mass is 32.1. The van der Waals surface area contributed by atoms with Gasteiger partial charge in [0.05, 0.1) is 6.42 Å². The summed E-state index contributed by atoms with van der Waals surface area (Å²) in [4.78, 5) is 13.2. The zero-order valence-corrected chi connectivity index (χ0v) is 16.0. The summed E-state index contributed by atoms with van der Waals surface area (Å²) in [6, 6.07) is 15.7. The van der Waals surface area contributed by atoms with Crippen LogP contribution in [0.2, 0.25) is 0 Å². The molecule has 7 heteroatoms. The van der Waals surface area contributed by atoms with Gasteiger partial charge in [-0.25, -0.2) is 0 Å². The molecule has 27 heavy (non-hydrogen) atoms. The molecule has 2 aromatic heterocycles. The highest BCUT2D eigenvalue weighted by molar-refractivity contribution is 7.19. The zero-order chi connectivity index (χ0) is 18.8. The van der Waals surface area contributed by atoms with E-state index in [1.807, 2.05) is 62.4 Å².